The summed E-state index contributed by atoms with van der Waals surface area (Å²) in [5.74, 6) is 0.412. The molecule has 20 heavy (non-hydrogen) atoms. The van der Waals surface area contributed by atoms with Gasteiger partial charge in [-0.05, 0) is 12.1 Å². The molecule has 0 aliphatic rings. The van der Waals surface area contributed by atoms with Crippen LogP contribution in [0.3, 0.4) is 0 Å². The molecule has 0 atom stereocenters. The van der Waals surface area contributed by atoms with Crippen LogP contribution >= 0.6 is 11.3 Å². The molecule has 1 aromatic carbocycles. The smallest absolute Gasteiger partial charge is 0.258 e. The number of para-hydroxylation sites is 2. The number of benzene rings is 1. The van der Waals surface area contributed by atoms with Crippen LogP contribution in [0.25, 0.3) is 10.2 Å². The largest absolute Gasteiger partial charge is 0.495 e. The van der Waals surface area contributed by atoms with Gasteiger partial charge in [0.1, 0.15) is 12.1 Å². The molecule has 0 aliphatic heterocycles. The highest BCUT2D eigenvalue weighted by atomic mass is 32.1. The molecule has 1 N–H and O–H groups in total. The number of thiophene rings is 1. The molecule has 3 rings (SSSR count). The molecule has 0 aliphatic carbocycles. The summed E-state index contributed by atoms with van der Waals surface area (Å²) in [6.07, 6.45) is 3.14. The quantitative estimate of drug-likeness (QED) is 0.803. The highest BCUT2D eigenvalue weighted by Gasteiger charge is 2.15. The van der Waals surface area contributed by atoms with E-state index in [1.54, 1.807) is 30.8 Å². The van der Waals surface area contributed by atoms with Crippen molar-refractivity contribution < 1.29 is 9.53 Å². The van der Waals surface area contributed by atoms with Crippen molar-refractivity contribution in [1.29, 1.82) is 0 Å². The number of ether oxygens (including phenoxy) is 1. The molecule has 0 saturated carbocycles. The number of hydrogen-bond acceptors (Lipinski definition) is 5. The summed E-state index contributed by atoms with van der Waals surface area (Å²) in [6.45, 7) is 0. The van der Waals surface area contributed by atoms with Crippen molar-refractivity contribution in [3.05, 3.63) is 47.7 Å². The average Bonchev–Trinajstić information content (AvgIpc) is 2.92. The maximum Gasteiger partial charge on any atom is 0.258 e. The Balaban J connectivity index is 1.93. The van der Waals surface area contributed by atoms with Crippen molar-refractivity contribution in [2.75, 3.05) is 12.4 Å². The lowest BCUT2D eigenvalue weighted by atomic mass is 10.2. The van der Waals surface area contributed by atoms with Gasteiger partial charge in [0.15, 0.2) is 0 Å². The van der Waals surface area contributed by atoms with E-state index in [4.69, 9.17) is 4.74 Å². The summed E-state index contributed by atoms with van der Waals surface area (Å²) in [6, 6.07) is 7.28. The summed E-state index contributed by atoms with van der Waals surface area (Å²) in [4.78, 5) is 20.4. The Morgan fingerprint density at radius 3 is 3.05 bits per heavy atom. The highest BCUT2D eigenvalue weighted by Crippen LogP contribution is 2.27. The van der Waals surface area contributed by atoms with E-state index >= 15 is 0 Å². The first kappa shape index (κ1) is 12.6. The van der Waals surface area contributed by atoms with E-state index < -0.39 is 0 Å². The van der Waals surface area contributed by atoms with Gasteiger partial charge in [0, 0.05) is 11.6 Å². The zero-order valence-electron chi connectivity index (χ0n) is 10.7. The number of methoxy groups -OCH3 is 1. The maximum absolute atomic E-state index is 12.3. The van der Waals surface area contributed by atoms with Gasteiger partial charge < -0.3 is 10.1 Å². The second kappa shape index (κ2) is 5.26. The van der Waals surface area contributed by atoms with Crippen molar-refractivity contribution in [1.82, 2.24) is 9.97 Å². The molecule has 3 aromatic rings. The Morgan fingerprint density at radius 2 is 2.20 bits per heavy atom. The molecular formula is C14H11N3O2S. The minimum absolute atomic E-state index is 0.209. The Kier molecular flexibility index (Phi) is 3.30. The number of fused-ring (bicyclic) bond motifs is 1. The Morgan fingerprint density at radius 1 is 1.35 bits per heavy atom. The molecule has 2 heterocycles. The van der Waals surface area contributed by atoms with Gasteiger partial charge in [-0.3, -0.25) is 4.79 Å². The SMILES string of the molecule is COc1ccccc1NC(=O)c1csc2cncnc12. The summed E-state index contributed by atoms with van der Waals surface area (Å²) < 4.78 is 6.10. The molecular weight excluding hydrogens is 274 g/mol. The fourth-order valence-electron chi connectivity index (χ4n) is 1.88. The molecule has 0 unspecified atom stereocenters. The van der Waals surface area contributed by atoms with Gasteiger partial charge in [0.25, 0.3) is 5.91 Å². The number of rotatable bonds is 3. The topological polar surface area (TPSA) is 64.1 Å². The molecule has 0 radical (unpaired) electrons. The maximum atomic E-state index is 12.3. The summed E-state index contributed by atoms with van der Waals surface area (Å²) >= 11 is 1.45. The predicted octanol–water partition coefficient (Wildman–Crippen LogP) is 2.95. The lowest BCUT2D eigenvalue weighted by Crippen LogP contribution is -2.12. The Hall–Kier alpha value is -2.47. The van der Waals surface area contributed by atoms with Gasteiger partial charge in [-0.2, -0.15) is 0 Å². The minimum Gasteiger partial charge on any atom is -0.495 e. The Labute approximate surface area is 119 Å². The lowest BCUT2D eigenvalue weighted by Gasteiger charge is -2.09. The van der Waals surface area contributed by atoms with Gasteiger partial charge in [0.2, 0.25) is 0 Å². The standard InChI is InChI=1S/C14H11N3O2S/c1-19-11-5-3-2-4-10(11)17-14(18)9-7-20-12-6-15-8-16-13(9)12/h2-8H,1H3,(H,17,18). The molecule has 0 bridgehead atoms. The number of carbonyl (C=O) groups excluding carboxylic acids is 1. The minimum atomic E-state index is -0.209. The van der Waals surface area contributed by atoms with E-state index in [1.165, 1.54) is 17.7 Å². The fourth-order valence-corrected chi connectivity index (χ4v) is 2.74. The van der Waals surface area contributed by atoms with Crippen LogP contribution in [0, 0.1) is 0 Å². The van der Waals surface area contributed by atoms with E-state index in [1.807, 2.05) is 12.1 Å². The van der Waals surface area contributed by atoms with Crippen LogP contribution in [-0.2, 0) is 0 Å². The van der Waals surface area contributed by atoms with Crippen LogP contribution in [0.1, 0.15) is 10.4 Å². The number of aromatic nitrogens is 2. The van der Waals surface area contributed by atoms with E-state index in [2.05, 4.69) is 15.3 Å². The monoisotopic (exact) mass is 285 g/mol. The van der Waals surface area contributed by atoms with Crippen LogP contribution in [0.4, 0.5) is 5.69 Å². The van der Waals surface area contributed by atoms with Crippen molar-refractivity contribution >= 4 is 33.1 Å². The first-order chi connectivity index (χ1) is 9.79. The van der Waals surface area contributed by atoms with Gasteiger partial charge >= 0.3 is 0 Å². The molecule has 1 amide bonds. The van der Waals surface area contributed by atoms with E-state index in [9.17, 15) is 4.79 Å². The van der Waals surface area contributed by atoms with Gasteiger partial charge in [0.05, 0.1) is 28.6 Å². The van der Waals surface area contributed by atoms with Crippen molar-refractivity contribution in [3.63, 3.8) is 0 Å². The number of amides is 1. The van der Waals surface area contributed by atoms with Crippen LogP contribution in [0.5, 0.6) is 5.75 Å². The first-order valence-corrected chi connectivity index (χ1v) is 6.79. The predicted molar refractivity (Wildman–Crippen MR) is 78.4 cm³/mol. The summed E-state index contributed by atoms with van der Waals surface area (Å²) in [5.41, 5.74) is 1.84. The number of anilines is 1. The van der Waals surface area contributed by atoms with Gasteiger partial charge in [-0.25, -0.2) is 9.97 Å². The molecule has 5 nitrogen and oxygen atoms in total. The van der Waals surface area contributed by atoms with E-state index in [0.29, 0.717) is 22.5 Å². The molecule has 2 aromatic heterocycles. The molecule has 100 valence electrons. The van der Waals surface area contributed by atoms with Crippen molar-refractivity contribution in [2.45, 2.75) is 0 Å². The normalized spacial score (nSPS) is 10.4. The van der Waals surface area contributed by atoms with Crippen molar-refractivity contribution in [2.24, 2.45) is 0 Å². The van der Waals surface area contributed by atoms with Crippen LogP contribution in [0.2, 0.25) is 0 Å². The van der Waals surface area contributed by atoms with Gasteiger partial charge in [-0.15, -0.1) is 11.3 Å². The fraction of sp³-hybridized carbons (Fsp3) is 0.0714. The third kappa shape index (κ3) is 2.21. The molecule has 0 spiro atoms. The number of hydrogen-bond donors (Lipinski definition) is 1. The number of nitrogens with zero attached hydrogens (tertiary/aromatic N) is 2. The van der Waals surface area contributed by atoms with Gasteiger partial charge in [-0.1, -0.05) is 12.1 Å². The summed E-state index contributed by atoms with van der Waals surface area (Å²) in [7, 11) is 1.57. The molecule has 0 saturated heterocycles. The zero-order chi connectivity index (χ0) is 13.9. The van der Waals surface area contributed by atoms with Crippen molar-refractivity contribution in [3.8, 4) is 5.75 Å². The van der Waals surface area contributed by atoms with Crippen LogP contribution < -0.4 is 10.1 Å². The second-order valence-corrected chi connectivity index (χ2v) is 4.95. The highest BCUT2D eigenvalue weighted by molar-refractivity contribution is 7.17. The van der Waals surface area contributed by atoms with E-state index in [0.717, 1.165) is 4.70 Å². The third-order valence-electron chi connectivity index (χ3n) is 2.84. The van der Waals surface area contributed by atoms with Crippen LogP contribution in [-0.4, -0.2) is 23.0 Å². The van der Waals surface area contributed by atoms with E-state index in [-0.39, 0.29) is 5.91 Å². The molecule has 0 fully saturated rings. The average molecular weight is 285 g/mol. The Bertz CT molecular complexity index is 770. The lowest BCUT2D eigenvalue weighted by molar-refractivity contribution is 0.102. The summed E-state index contributed by atoms with van der Waals surface area (Å²) in [5, 5.41) is 4.62. The second-order valence-electron chi connectivity index (χ2n) is 4.04. The third-order valence-corrected chi connectivity index (χ3v) is 3.74. The number of nitrogens with one attached hydrogen (secondary N) is 1. The number of carbonyl (C=O) groups is 1. The first-order valence-electron chi connectivity index (χ1n) is 5.91. The van der Waals surface area contributed by atoms with Crippen LogP contribution in [0.15, 0.2) is 42.2 Å². The zero-order valence-corrected chi connectivity index (χ0v) is 11.5. The molecule has 6 heteroatoms.